The van der Waals surface area contributed by atoms with Crippen LogP contribution in [0.3, 0.4) is 0 Å². The van der Waals surface area contributed by atoms with E-state index in [1.54, 1.807) is 0 Å². The van der Waals surface area contributed by atoms with E-state index in [0.29, 0.717) is 30.7 Å². The average Bonchev–Trinajstić information content (AvgIpc) is 2.51. The number of carbonyl (C=O) groups excluding carboxylic acids is 1. The van der Waals surface area contributed by atoms with Crippen molar-refractivity contribution < 1.29 is 9.53 Å². The molecule has 0 aliphatic carbocycles. The minimum absolute atomic E-state index is 0.0429. The molecular weight excluding hydrogens is 294 g/mol. The fourth-order valence-electron chi connectivity index (χ4n) is 3.00. The van der Waals surface area contributed by atoms with Gasteiger partial charge in [-0.05, 0) is 26.0 Å². The van der Waals surface area contributed by atoms with E-state index in [9.17, 15) is 9.59 Å². The van der Waals surface area contributed by atoms with E-state index in [2.05, 4.69) is 9.97 Å². The van der Waals surface area contributed by atoms with Gasteiger partial charge in [0.15, 0.2) is 0 Å². The molecule has 1 aliphatic heterocycles. The van der Waals surface area contributed by atoms with Gasteiger partial charge in [-0.1, -0.05) is 12.1 Å². The Kier molecular flexibility index (Phi) is 4.43. The van der Waals surface area contributed by atoms with Gasteiger partial charge in [-0.3, -0.25) is 9.59 Å². The standard InChI is InChI=1S/C17H21N3O3/c1-11-9-20(10-12(2)23-11)16(21)8-7-15-17(22)19-14-6-4-3-5-13(14)18-15/h3-6,11-12H,7-10H2,1-2H3,(H,19,22). The Bertz CT molecular complexity index is 761. The van der Waals surface area contributed by atoms with Gasteiger partial charge in [-0.2, -0.15) is 0 Å². The van der Waals surface area contributed by atoms with Crippen LogP contribution in [-0.2, 0) is 16.0 Å². The number of carbonyl (C=O) groups is 1. The SMILES string of the molecule is CC1CN(C(=O)CCc2nc3ccccc3[nH]c2=O)CC(C)O1. The highest BCUT2D eigenvalue weighted by Crippen LogP contribution is 2.13. The quantitative estimate of drug-likeness (QED) is 0.931. The molecule has 1 fully saturated rings. The van der Waals surface area contributed by atoms with Crippen LogP contribution in [0.2, 0.25) is 0 Å². The lowest BCUT2D eigenvalue weighted by Gasteiger charge is -2.35. The highest BCUT2D eigenvalue weighted by molar-refractivity contribution is 5.77. The largest absolute Gasteiger partial charge is 0.372 e. The average molecular weight is 315 g/mol. The van der Waals surface area contributed by atoms with Crippen molar-refractivity contribution >= 4 is 16.9 Å². The van der Waals surface area contributed by atoms with Crippen LogP contribution in [0.5, 0.6) is 0 Å². The second kappa shape index (κ2) is 6.50. The molecule has 0 radical (unpaired) electrons. The second-order valence-electron chi connectivity index (χ2n) is 6.09. The van der Waals surface area contributed by atoms with Gasteiger partial charge in [0.2, 0.25) is 5.91 Å². The summed E-state index contributed by atoms with van der Waals surface area (Å²) in [6.07, 6.45) is 0.724. The number of aromatic amines is 1. The molecule has 23 heavy (non-hydrogen) atoms. The summed E-state index contributed by atoms with van der Waals surface area (Å²) in [5.41, 5.74) is 1.64. The number of ether oxygens (including phenoxy) is 1. The van der Waals surface area contributed by atoms with E-state index >= 15 is 0 Å². The molecule has 1 N–H and O–H groups in total. The predicted octanol–water partition coefficient (Wildman–Crippen LogP) is 1.49. The maximum absolute atomic E-state index is 12.4. The molecule has 2 heterocycles. The van der Waals surface area contributed by atoms with E-state index in [0.717, 1.165) is 5.52 Å². The summed E-state index contributed by atoms with van der Waals surface area (Å²) in [4.78, 5) is 33.4. The summed E-state index contributed by atoms with van der Waals surface area (Å²) in [7, 11) is 0. The molecule has 1 amide bonds. The molecular formula is C17H21N3O3. The number of amides is 1. The summed E-state index contributed by atoms with van der Waals surface area (Å²) in [6.45, 7) is 5.13. The molecule has 2 aromatic rings. The maximum Gasteiger partial charge on any atom is 0.270 e. The van der Waals surface area contributed by atoms with Crippen molar-refractivity contribution in [2.45, 2.75) is 38.9 Å². The third-order valence-electron chi connectivity index (χ3n) is 4.02. The van der Waals surface area contributed by atoms with Crippen molar-refractivity contribution in [2.75, 3.05) is 13.1 Å². The van der Waals surface area contributed by atoms with Gasteiger partial charge in [0.1, 0.15) is 5.69 Å². The summed E-state index contributed by atoms with van der Waals surface area (Å²) >= 11 is 0. The van der Waals surface area contributed by atoms with Crippen LogP contribution in [-0.4, -0.2) is 46.1 Å². The van der Waals surface area contributed by atoms with Gasteiger partial charge in [0, 0.05) is 25.9 Å². The number of fused-ring (bicyclic) bond motifs is 1. The Morgan fingerprint density at radius 3 is 2.74 bits per heavy atom. The van der Waals surface area contributed by atoms with Crippen LogP contribution in [0.4, 0.5) is 0 Å². The van der Waals surface area contributed by atoms with Crippen LogP contribution in [0.1, 0.15) is 26.0 Å². The zero-order chi connectivity index (χ0) is 16.4. The van der Waals surface area contributed by atoms with Crippen molar-refractivity contribution in [2.24, 2.45) is 0 Å². The minimum Gasteiger partial charge on any atom is -0.372 e. The number of aryl methyl sites for hydroxylation is 1. The Hall–Kier alpha value is -2.21. The number of H-pyrrole nitrogens is 1. The number of aromatic nitrogens is 2. The first-order valence-electron chi connectivity index (χ1n) is 7.94. The van der Waals surface area contributed by atoms with Crippen LogP contribution in [0.25, 0.3) is 11.0 Å². The Morgan fingerprint density at radius 2 is 2.00 bits per heavy atom. The van der Waals surface area contributed by atoms with Gasteiger partial charge >= 0.3 is 0 Å². The number of rotatable bonds is 3. The lowest BCUT2D eigenvalue weighted by molar-refractivity contribution is -0.143. The maximum atomic E-state index is 12.4. The van der Waals surface area contributed by atoms with E-state index in [-0.39, 0.29) is 30.1 Å². The molecule has 1 aliphatic rings. The van der Waals surface area contributed by atoms with Gasteiger partial charge < -0.3 is 14.6 Å². The number of hydrogen-bond donors (Lipinski definition) is 1. The topological polar surface area (TPSA) is 75.3 Å². The zero-order valence-corrected chi connectivity index (χ0v) is 13.4. The Balaban J connectivity index is 1.69. The molecule has 1 aromatic carbocycles. The molecule has 2 atom stereocenters. The molecule has 1 saturated heterocycles. The van der Waals surface area contributed by atoms with E-state index in [1.807, 2.05) is 43.0 Å². The third kappa shape index (κ3) is 3.59. The molecule has 3 rings (SSSR count). The van der Waals surface area contributed by atoms with Crippen molar-refractivity contribution in [1.29, 1.82) is 0 Å². The first-order valence-corrected chi connectivity index (χ1v) is 7.94. The predicted molar refractivity (Wildman–Crippen MR) is 87.3 cm³/mol. The fourth-order valence-corrected chi connectivity index (χ4v) is 3.00. The minimum atomic E-state index is -0.222. The van der Waals surface area contributed by atoms with E-state index in [1.165, 1.54) is 0 Å². The van der Waals surface area contributed by atoms with Crippen molar-refractivity contribution in [3.63, 3.8) is 0 Å². The molecule has 6 nitrogen and oxygen atoms in total. The van der Waals surface area contributed by atoms with Crippen LogP contribution in [0.15, 0.2) is 29.1 Å². The smallest absolute Gasteiger partial charge is 0.270 e. The molecule has 0 bridgehead atoms. The van der Waals surface area contributed by atoms with Gasteiger partial charge in [0.25, 0.3) is 5.56 Å². The van der Waals surface area contributed by atoms with Gasteiger partial charge in [-0.15, -0.1) is 0 Å². The zero-order valence-electron chi connectivity index (χ0n) is 13.4. The van der Waals surface area contributed by atoms with Crippen LogP contribution >= 0.6 is 0 Å². The molecule has 0 saturated carbocycles. The monoisotopic (exact) mass is 315 g/mol. The van der Waals surface area contributed by atoms with Crippen molar-refractivity contribution in [3.8, 4) is 0 Å². The molecule has 0 spiro atoms. The first-order chi connectivity index (χ1) is 11.0. The van der Waals surface area contributed by atoms with Crippen molar-refractivity contribution in [1.82, 2.24) is 14.9 Å². The number of hydrogen-bond acceptors (Lipinski definition) is 4. The van der Waals surface area contributed by atoms with Crippen LogP contribution < -0.4 is 5.56 Å². The fraction of sp³-hybridized carbons (Fsp3) is 0.471. The van der Waals surface area contributed by atoms with Crippen molar-refractivity contribution in [3.05, 3.63) is 40.3 Å². The van der Waals surface area contributed by atoms with E-state index in [4.69, 9.17) is 4.74 Å². The third-order valence-corrected chi connectivity index (χ3v) is 4.02. The Morgan fingerprint density at radius 1 is 1.30 bits per heavy atom. The Labute approximate surface area is 134 Å². The van der Waals surface area contributed by atoms with E-state index < -0.39 is 0 Å². The highest BCUT2D eigenvalue weighted by Gasteiger charge is 2.25. The second-order valence-corrected chi connectivity index (χ2v) is 6.09. The molecule has 122 valence electrons. The lowest BCUT2D eigenvalue weighted by atomic mass is 10.1. The normalized spacial score (nSPS) is 21.6. The first kappa shape index (κ1) is 15.7. The number of morpholine rings is 1. The number of para-hydroxylation sites is 2. The lowest BCUT2D eigenvalue weighted by Crippen LogP contribution is -2.48. The van der Waals surface area contributed by atoms with Crippen LogP contribution in [0, 0.1) is 0 Å². The molecule has 2 unspecified atom stereocenters. The summed E-state index contributed by atoms with van der Waals surface area (Å²) in [5, 5.41) is 0. The number of benzene rings is 1. The highest BCUT2D eigenvalue weighted by atomic mass is 16.5. The summed E-state index contributed by atoms with van der Waals surface area (Å²) in [5.74, 6) is 0.0429. The summed E-state index contributed by atoms with van der Waals surface area (Å²) < 4.78 is 5.64. The molecule has 6 heteroatoms. The van der Waals surface area contributed by atoms with Gasteiger partial charge in [-0.25, -0.2) is 4.98 Å². The molecule has 1 aromatic heterocycles. The number of nitrogens with zero attached hydrogens (tertiary/aromatic N) is 2. The number of nitrogens with one attached hydrogen (secondary N) is 1. The van der Waals surface area contributed by atoms with Gasteiger partial charge in [0.05, 0.1) is 23.2 Å². The summed E-state index contributed by atoms with van der Waals surface area (Å²) in [6, 6.07) is 7.39.